The standard InChI is InChI=1S/C18H24N4O3/c1-24-15-4-2-14(3-5-15)18-20-16(25-21-18)6-7-17(23)22-10-8-13(12-19)9-11-22/h2-5,13H,6-12,19H2,1H3. The van der Waals surface area contributed by atoms with Crippen LogP contribution < -0.4 is 10.5 Å². The summed E-state index contributed by atoms with van der Waals surface area (Å²) in [4.78, 5) is 18.6. The van der Waals surface area contributed by atoms with Crippen molar-refractivity contribution >= 4 is 5.91 Å². The second-order valence-corrected chi connectivity index (χ2v) is 6.30. The minimum Gasteiger partial charge on any atom is -0.497 e. The predicted octanol–water partition coefficient (Wildman–Crippen LogP) is 1.88. The highest BCUT2D eigenvalue weighted by Gasteiger charge is 2.22. The number of nitrogens with two attached hydrogens (primary N) is 1. The Morgan fingerprint density at radius 3 is 2.68 bits per heavy atom. The average molecular weight is 344 g/mol. The first-order chi connectivity index (χ1) is 12.2. The van der Waals surface area contributed by atoms with E-state index in [2.05, 4.69) is 10.1 Å². The lowest BCUT2D eigenvalue weighted by Gasteiger charge is -2.31. The Bertz CT molecular complexity index is 691. The third-order valence-corrected chi connectivity index (χ3v) is 4.67. The SMILES string of the molecule is COc1ccc(-c2noc(CCC(=O)N3CCC(CN)CC3)n2)cc1. The fourth-order valence-corrected chi connectivity index (χ4v) is 3.00. The summed E-state index contributed by atoms with van der Waals surface area (Å²) in [6.45, 7) is 2.29. The number of hydrogen-bond acceptors (Lipinski definition) is 6. The van der Waals surface area contributed by atoms with Gasteiger partial charge in [-0.05, 0) is 49.6 Å². The second kappa shape index (κ2) is 8.11. The maximum Gasteiger partial charge on any atom is 0.227 e. The van der Waals surface area contributed by atoms with Gasteiger partial charge in [-0.15, -0.1) is 0 Å². The molecule has 1 fully saturated rings. The highest BCUT2D eigenvalue weighted by Crippen LogP contribution is 2.20. The van der Waals surface area contributed by atoms with Crippen molar-refractivity contribution in [1.29, 1.82) is 0 Å². The van der Waals surface area contributed by atoms with E-state index in [-0.39, 0.29) is 5.91 Å². The van der Waals surface area contributed by atoms with Crippen LogP contribution in [-0.2, 0) is 11.2 Å². The van der Waals surface area contributed by atoms with Crippen LogP contribution in [0.15, 0.2) is 28.8 Å². The van der Waals surface area contributed by atoms with E-state index in [0.29, 0.717) is 37.0 Å². The zero-order valence-electron chi connectivity index (χ0n) is 14.5. The first kappa shape index (κ1) is 17.4. The van der Waals surface area contributed by atoms with Crippen molar-refractivity contribution in [3.8, 4) is 17.1 Å². The molecule has 0 radical (unpaired) electrons. The summed E-state index contributed by atoms with van der Waals surface area (Å²) < 4.78 is 10.4. The average Bonchev–Trinajstić information content (AvgIpc) is 3.15. The Kier molecular flexibility index (Phi) is 5.65. The molecule has 134 valence electrons. The lowest BCUT2D eigenvalue weighted by molar-refractivity contribution is -0.132. The molecule has 7 nitrogen and oxygen atoms in total. The Hall–Kier alpha value is -2.41. The van der Waals surface area contributed by atoms with Crippen LogP contribution in [0.3, 0.4) is 0 Å². The van der Waals surface area contributed by atoms with Gasteiger partial charge in [0, 0.05) is 31.5 Å². The molecule has 1 saturated heterocycles. The number of aromatic nitrogens is 2. The molecule has 3 rings (SSSR count). The molecule has 0 bridgehead atoms. The maximum atomic E-state index is 12.3. The van der Waals surface area contributed by atoms with Gasteiger partial charge in [-0.2, -0.15) is 4.98 Å². The number of carbonyl (C=O) groups is 1. The number of amides is 1. The summed E-state index contributed by atoms with van der Waals surface area (Å²) in [6, 6.07) is 7.44. The molecule has 7 heteroatoms. The predicted molar refractivity (Wildman–Crippen MR) is 93.0 cm³/mol. The molecule has 2 N–H and O–H groups in total. The van der Waals surface area contributed by atoms with Gasteiger partial charge in [0.25, 0.3) is 0 Å². The topological polar surface area (TPSA) is 94.5 Å². The van der Waals surface area contributed by atoms with Crippen LogP contribution in [0, 0.1) is 5.92 Å². The molecule has 0 unspecified atom stereocenters. The lowest BCUT2D eigenvalue weighted by atomic mass is 9.97. The van der Waals surface area contributed by atoms with Gasteiger partial charge in [-0.3, -0.25) is 4.79 Å². The number of ether oxygens (including phenoxy) is 1. The molecule has 1 aromatic carbocycles. The minimum atomic E-state index is 0.139. The number of rotatable bonds is 6. The van der Waals surface area contributed by atoms with Crippen molar-refractivity contribution < 1.29 is 14.1 Å². The van der Waals surface area contributed by atoms with Crippen LogP contribution in [0.25, 0.3) is 11.4 Å². The Morgan fingerprint density at radius 2 is 2.04 bits per heavy atom. The molecule has 2 aromatic rings. The quantitative estimate of drug-likeness (QED) is 0.860. The van der Waals surface area contributed by atoms with Gasteiger partial charge in [0.2, 0.25) is 17.6 Å². The third-order valence-electron chi connectivity index (χ3n) is 4.67. The van der Waals surface area contributed by atoms with Gasteiger partial charge >= 0.3 is 0 Å². The molecule has 0 atom stereocenters. The molecule has 1 aromatic heterocycles. The fraction of sp³-hybridized carbons (Fsp3) is 0.500. The summed E-state index contributed by atoms with van der Waals surface area (Å²) in [5.74, 6) is 2.47. The summed E-state index contributed by atoms with van der Waals surface area (Å²) in [5.41, 5.74) is 6.54. The summed E-state index contributed by atoms with van der Waals surface area (Å²) in [5, 5.41) is 3.99. The highest BCUT2D eigenvalue weighted by atomic mass is 16.5. The van der Waals surface area contributed by atoms with Crippen molar-refractivity contribution in [2.45, 2.75) is 25.7 Å². The van der Waals surface area contributed by atoms with E-state index in [4.69, 9.17) is 15.0 Å². The van der Waals surface area contributed by atoms with E-state index in [9.17, 15) is 4.79 Å². The summed E-state index contributed by atoms with van der Waals surface area (Å²) in [6.07, 6.45) is 2.82. The molecular weight excluding hydrogens is 320 g/mol. The lowest BCUT2D eigenvalue weighted by Crippen LogP contribution is -2.40. The van der Waals surface area contributed by atoms with Gasteiger partial charge < -0.3 is 19.9 Å². The van der Waals surface area contributed by atoms with Gasteiger partial charge in [0.15, 0.2) is 0 Å². The number of hydrogen-bond donors (Lipinski definition) is 1. The number of benzene rings is 1. The first-order valence-electron chi connectivity index (χ1n) is 8.64. The first-order valence-corrected chi connectivity index (χ1v) is 8.64. The molecule has 1 amide bonds. The van der Waals surface area contributed by atoms with Crippen molar-refractivity contribution in [2.24, 2.45) is 11.7 Å². The van der Waals surface area contributed by atoms with E-state index in [0.717, 1.165) is 37.2 Å². The maximum absolute atomic E-state index is 12.3. The molecule has 2 heterocycles. The van der Waals surface area contributed by atoms with Crippen LogP contribution in [-0.4, -0.2) is 47.7 Å². The number of nitrogens with zero attached hydrogens (tertiary/aromatic N) is 3. The van der Waals surface area contributed by atoms with Gasteiger partial charge in [0.1, 0.15) is 5.75 Å². The Morgan fingerprint density at radius 1 is 1.32 bits per heavy atom. The molecule has 25 heavy (non-hydrogen) atoms. The van der Waals surface area contributed by atoms with Crippen LogP contribution in [0.5, 0.6) is 5.75 Å². The zero-order valence-corrected chi connectivity index (χ0v) is 14.5. The smallest absolute Gasteiger partial charge is 0.227 e. The van der Waals surface area contributed by atoms with Crippen molar-refractivity contribution in [3.05, 3.63) is 30.2 Å². The van der Waals surface area contributed by atoms with Crippen LogP contribution in [0.4, 0.5) is 0 Å². The number of aryl methyl sites for hydroxylation is 1. The van der Waals surface area contributed by atoms with Gasteiger partial charge in [-0.1, -0.05) is 5.16 Å². The molecule has 0 saturated carbocycles. The molecular formula is C18H24N4O3. The molecule has 1 aliphatic rings. The van der Waals surface area contributed by atoms with Crippen molar-refractivity contribution in [1.82, 2.24) is 15.0 Å². The Labute approximate surface area is 147 Å². The minimum absolute atomic E-state index is 0.139. The molecule has 0 spiro atoms. The zero-order chi connectivity index (χ0) is 17.6. The Balaban J connectivity index is 1.52. The number of piperidine rings is 1. The highest BCUT2D eigenvalue weighted by molar-refractivity contribution is 5.76. The third kappa shape index (κ3) is 4.36. The monoisotopic (exact) mass is 344 g/mol. The largest absolute Gasteiger partial charge is 0.497 e. The van der Waals surface area contributed by atoms with Crippen LogP contribution >= 0.6 is 0 Å². The van der Waals surface area contributed by atoms with Gasteiger partial charge in [0.05, 0.1) is 7.11 Å². The summed E-state index contributed by atoms with van der Waals surface area (Å²) >= 11 is 0. The van der Waals surface area contributed by atoms with Gasteiger partial charge in [-0.25, -0.2) is 0 Å². The molecule has 1 aliphatic heterocycles. The van der Waals surface area contributed by atoms with Crippen LogP contribution in [0.2, 0.25) is 0 Å². The van der Waals surface area contributed by atoms with E-state index in [1.165, 1.54) is 0 Å². The number of methoxy groups -OCH3 is 1. The second-order valence-electron chi connectivity index (χ2n) is 6.30. The summed E-state index contributed by atoms with van der Waals surface area (Å²) in [7, 11) is 1.62. The number of carbonyl (C=O) groups excluding carboxylic acids is 1. The van der Waals surface area contributed by atoms with E-state index in [1.54, 1.807) is 7.11 Å². The van der Waals surface area contributed by atoms with Crippen molar-refractivity contribution in [3.63, 3.8) is 0 Å². The normalized spacial score (nSPS) is 15.4. The van der Waals surface area contributed by atoms with E-state index >= 15 is 0 Å². The number of likely N-dealkylation sites (tertiary alicyclic amines) is 1. The van der Waals surface area contributed by atoms with E-state index < -0.39 is 0 Å². The molecule has 0 aliphatic carbocycles. The van der Waals surface area contributed by atoms with Crippen LogP contribution in [0.1, 0.15) is 25.2 Å². The van der Waals surface area contributed by atoms with E-state index in [1.807, 2.05) is 29.2 Å². The van der Waals surface area contributed by atoms with Crippen molar-refractivity contribution in [2.75, 3.05) is 26.7 Å². The fourth-order valence-electron chi connectivity index (χ4n) is 3.00.